The molecular formula is C22H29N3O4. The Morgan fingerprint density at radius 2 is 1.55 bits per heavy atom. The van der Waals surface area contributed by atoms with Gasteiger partial charge in [-0.3, -0.25) is 14.4 Å². The third-order valence-corrected chi connectivity index (χ3v) is 6.29. The fraction of sp³-hybridized carbons (Fsp3) is 0.591. The van der Waals surface area contributed by atoms with Crippen LogP contribution < -0.4 is 0 Å². The van der Waals surface area contributed by atoms with E-state index in [2.05, 4.69) is 0 Å². The van der Waals surface area contributed by atoms with Gasteiger partial charge < -0.3 is 19.4 Å². The van der Waals surface area contributed by atoms with Crippen molar-refractivity contribution in [3.05, 3.63) is 35.9 Å². The van der Waals surface area contributed by atoms with E-state index in [1.165, 1.54) is 0 Å². The van der Waals surface area contributed by atoms with Crippen molar-refractivity contribution in [2.75, 3.05) is 39.4 Å². The summed E-state index contributed by atoms with van der Waals surface area (Å²) in [6.45, 7) is 4.19. The maximum Gasteiger partial charge on any atom is 0.245 e. The number of morpholine rings is 1. The summed E-state index contributed by atoms with van der Waals surface area (Å²) in [7, 11) is 0. The molecule has 0 spiro atoms. The molecular weight excluding hydrogens is 370 g/mol. The number of carbonyl (C=O) groups excluding carboxylic acids is 3. The zero-order chi connectivity index (χ0) is 20.2. The van der Waals surface area contributed by atoms with E-state index < -0.39 is 0 Å². The monoisotopic (exact) mass is 399 g/mol. The lowest BCUT2D eigenvalue weighted by atomic mass is 9.94. The molecule has 4 rings (SSSR count). The van der Waals surface area contributed by atoms with E-state index in [0.717, 1.165) is 5.56 Å². The van der Waals surface area contributed by atoms with Crippen LogP contribution in [0.5, 0.6) is 0 Å². The molecule has 3 fully saturated rings. The first-order chi connectivity index (χ1) is 14.1. The van der Waals surface area contributed by atoms with Crippen LogP contribution in [0, 0.1) is 5.92 Å². The topological polar surface area (TPSA) is 70.2 Å². The van der Waals surface area contributed by atoms with Crippen LogP contribution in [-0.2, 0) is 25.7 Å². The second kappa shape index (κ2) is 8.95. The van der Waals surface area contributed by atoms with Crippen molar-refractivity contribution < 1.29 is 19.1 Å². The summed E-state index contributed by atoms with van der Waals surface area (Å²) in [6.07, 6.45) is 2.40. The Morgan fingerprint density at radius 1 is 0.897 bits per heavy atom. The molecule has 7 heteroatoms. The molecule has 3 saturated heterocycles. The number of rotatable bonds is 4. The van der Waals surface area contributed by atoms with Gasteiger partial charge in [0.2, 0.25) is 17.7 Å². The van der Waals surface area contributed by atoms with Crippen molar-refractivity contribution in [1.29, 1.82) is 0 Å². The Balaban J connectivity index is 1.33. The zero-order valence-electron chi connectivity index (χ0n) is 16.8. The number of benzene rings is 1. The van der Waals surface area contributed by atoms with Gasteiger partial charge in [-0.25, -0.2) is 0 Å². The maximum absolute atomic E-state index is 13.1. The van der Waals surface area contributed by atoms with Gasteiger partial charge in [0.1, 0.15) is 6.04 Å². The summed E-state index contributed by atoms with van der Waals surface area (Å²) in [4.78, 5) is 43.7. The Kier molecular flexibility index (Phi) is 6.13. The third-order valence-electron chi connectivity index (χ3n) is 6.29. The average molecular weight is 399 g/mol. The van der Waals surface area contributed by atoms with Crippen LogP contribution in [0.4, 0.5) is 0 Å². The standard InChI is InChI=1S/C22H29N3O4/c26-20-7-6-19(25(20)16-17-4-2-1-3-5-17)22(28)23-10-8-18(9-11-23)21(27)24-12-14-29-15-13-24/h1-5,18-19H,6-16H2. The predicted octanol–water partition coefficient (Wildman–Crippen LogP) is 1.27. The molecule has 7 nitrogen and oxygen atoms in total. The Morgan fingerprint density at radius 3 is 2.24 bits per heavy atom. The maximum atomic E-state index is 13.1. The van der Waals surface area contributed by atoms with Crippen LogP contribution in [0.2, 0.25) is 0 Å². The molecule has 0 N–H and O–H groups in total. The van der Waals surface area contributed by atoms with Crippen molar-refractivity contribution >= 4 is 17.7 Å². The van der Waals surface area contributed by atoms with Crippen LogP contribution in [0.25, 0.3) is 0 Å². The van der Waals surface area contributed by atoms with Crippen molar-refractivity contribution in [3.8, 4) is 0 Å². The molecule has 3 amide bonds. The molecule has 3 heterocycles. The molecule has 0 aromatic heterocycles. The molecule has 3 aliphatic rings. The van der Waals surface area contributed by atoms with Gasteiger partial charge in [-0.05, 0) is 24.8 Å². The van der Waals surface area contributed by atoms with Crippen LogP contribution in [-0.4, -0.2) is 77.9 Å². The van der Waals surface area contributed by atoms with Crippen molar-refractivity contribution in [2.24, 2.45) is 5.92 Å². The van der Waals surface area contributed by atoms with Gasteiger partial charge in [-0.15, -0.1) is 0 Å². The smallest absolute Gasteiger partial charge is 0.245 e. The molecule has 1 unspecified atom stereocenters. The molecule has 0 bridgehead atoms. The van der Waals surface area contributed by atoms with E-state index in [0.29, 0.717) is 71.6 Å². The van der Waals surface area contributed by atoms with E-state index in [1.54, 1.807) is 4.90 Å². The summed E-state index contributed by atoms with van der Waals surface area (Å²) >= 11 is 0. The van der Waals surface area contributed by atoms with Crippen LogP contribution >= 0.6 is 0 Å². The number of likely N-dealkylation sites (tertiary alicyclic amines) is 2. The minimum absolute atomic E-state index is 0.0113. The third kappa shape index (κ3) is 4.45. The highest BCUT2D eigenvalue weighted by Crippen LogP contribution is 2.26. The first-order valence-electron chi connectivity index (χ1n) is 10.6. The summed E-state index contributed by atoms with van der Waals surface area (Å²) in [5, 5.41) is 0. The molecule has 1 aromatic rings. The van der Waals surface area contributed by atoms with Gasteiger partial charge >= 0.3 is 0 Å². The Bertz CT molecular complexity index is 740. The molecule has 3 aliphatic heterocycles. The minimum atomic E-state index is -0.380. The van der Waals surface area contributed by atoms with Gasteiger partial charge in [0.25, 0.3) is 0 Å². The lowest BCUT2D eigenvalue weighted by Gasteiger charge is -2.37. The summed E-state index contributed by atoms with van der Waals surface area (Å²) in [5.41, 5.74) is 1.04. The molecule has 0 aliphatic carbocycles. The number of hydrogen-bond donors (Lipinski definition) is 0. The molecule has 1 aromatic carbocycles. The average Bonchev–Trinajstić information content (AvgIpc) is 3.14. The fourth-order valence-corrected chi connectivity index (χ4v) is 4.57. The lowest BCUT2D eigenvalue weighted by molar-refractivity contribution is -0.146. The molecule has 29 heavy (non-hydrogen) atoms. The summed E-state index contributed by atoms with van der Waals surface area (Å²) < 4.78 is 5.33. The number of nitrogens with zero attached hydrogens (tertiary/aromatic N) is 3. The predicted molar refractivity (Wildman–Crippen MR) is 107 cm³/mol. The first-order valence-corrected chi connectivity index (χ1v) is 10.6. The van der Waals surface area contributed by atoms with Gasteiger partial charge in [0, 0.05) is 45.1 Å². The highest BCUT2D eigenvalue weighted by Gasteiger charge is 2.40. The number of hydrogen-bond acceptors (Lipinski definition) is 4. The minimum Gasteiger partial charge on any atom is -0.378 e. The largest absolute Gasteiger partial charge is 0.378 e. The van der Waals surface area contributed by atoms with E-state index in [-0.39, 0.29) is 29.7 Å². The van der Waals surface area contributed by atoms with Crippen LogP contribution in [0.1, 0.15) is 31.2 Å². The van der Waals surface area contributed by atoms with Crippen molar-refractivity contribution in [1.82, 2.24) is 14.7 Å². The summed E-state index contributed by atoms with van der Waals surface area (Å²) in [5.74, 6) is 0.263. The highest BCUT2D eigenvalue weighted by molar-refractivity contribution is 5.91. The Hall–Kier alpha value is -2.41. The first kappa shape index (κ1) is 19.9. The van der Waals surface area contributed by atoms with E-state index >= 15 is 0 Å². The van der Waals surface area contributed by atoms with E-state index in [1.807, 2.05) is 40.1 Å². The van der Waals surface area contributed by atoms with Crippen LogP contribution in [0.15, 0.2) is 30.3 Å². The summed E-state index contributed by atoms with van der Waals surface area (Å²) in [6, 6.07) is 9.42. The highest BCUT2D eigenvalue weighted by atomic mass is 16.5. The second-order valence-corrected chi connectivity index (χ2v) is 8.10. The lowest BCUT2D eigenvalue weighted by Crippen LogP contribution is -2.51. The van der Waals surface area contributed by atoms with E-state index in [9.17, 15) is 14.4 Å². The molecule has 1 atom stereocenters. The zero-order valence-corrected chi connectivity index (χ0v) is 16.8. The quantitative estimate of drug-likeness (QED) is 0.765. The van der Waals surface area contributed by atoms with Gasteiger partial charge in [-0.2, -0.15) is 0 Å². The van der Waals surface area contributed by atoms with Crippen molar-refractivity contribution in [3.63, 3.8) is 0 Å². The van der Waals surface area contributed by atoms with E-state index in [4.69, 9.17) is 4.74 Å². The van der Waals surface area contributed by atoms with Crippen molar-refractivity contribution in [2.45, 2.75) is 38.3 Å². The molecule has 0 saturated carbocycles. The number of carbonyl (C=O) groups is 3. The SMILES string of the molecule is O=C(C1CCN(C(=O)C2CCC(=O)N2Cc2ccccc2)CC1)N1CCOCC1. The second-order valence-electron chi connectivity index (χ2n) is 8.10. The number of ether oxygens (including phenoxy) is 1. The number of amides is 3. The molecule has 156 valence electrons. The Labute approximate surface area is 171 Å². The normalized spacial score (nSPS) is 23.5. The van der Waals surface area contributed by atoms with Gasteiger partial charge in [-0.1, -0.05) is 30.3 Å². The molecule has 0 radical (unpaired) electrons. The fourth-order valence-electron chi connectivity index (χ4n) is 4.57. The van der Waals surface area contributed by atoms with Gasteiger partial charge in [0.05, 0.1) is 13.2 Å². The van der Waals surface area contributed by atoms with Gasteiger partial charge in [0.15, 0.2) is 0 Å². The number of piperidine rings is 1. The van der Waals surface area contributed by atoms with Crippen LogP contribution in [0.3, 0.4) is 0 Å².